The maximum Gasteiger partial charge on any atom is 0.164 e. The zero-order valence-electron chi connectivity index (χ0n) is 30.1. The van der Waals surface area contributed by atoms with Gasteiger partial charge in [0.25, 0.3) is 0 Å². The predicted molar refractivity (Wildman–Crippen MR) is 225 cm³/mol. The fourth-order valence-electron chi connectivity index (χ4n) is 9.49. The highest BCUT2D eigenvalue weighted by atomic mass is 16.3. The molecule has 0 amide bonds. The summed E-state index contributed by atoms with van der Waals surface area (Å²) in [6.45, 7) is 0. The lowest BCUT2D eigenvalue weighted by Crippen LogP contribution is -2.29. The molecule has 2 aromatic heterocycles. The smallest absolute Gasteiger partial charge is 0.164 e. The van der Waals surface area contributed by atoms with Crippen molar-refractivity contribution in [2.75, 3.05) is 0 Å². The fraction of sp³-hybridized carbons (Fsp3) is 0.0192. The monoisotopic (exact) mass is 713 g/mol. The molecule has 0 saturated heterocycles. The summed E-state index contributed by atoms with van der Waals surface area (Å²) in [5.41, 5.74) is 16.1. The van der Waals surface area contributed by atoms with Crippen molar-refractivity contribution in [3.8, 4) is 67.5 Å². The highest BCUT2D eigenvalue weighted by Crippen LogP contribution is 2.62. The summed E-state index contributed by atoms with van der Waals surface area (Å²) >= 11 is 0. The Balaban J connectivity index is 1.15. The summed E-state index contributed by atoms with van der Waals surface area (Å²) in [7, 11) is 0. The van der Waals surface area contributed by atoms with Gasteiger partial charge in [-0.1, -0.05) is 170 Å². The highest BCUT2D eigenvalue weighted by molar-refractivity contribution is 6.06. The van der Waals surface area contributed by atoms with Crippen LogP contribution in [0.1, 0.15) is 22.3 Å². The molecule has 0 bridgehead atoms. The average Bonchev–Trinajstić information content (AvgIpc) is 3.76. The molecule has 2 aliphatic carbocycles. The van der Waals surface area contributed by atoms with Crippen LogP contribution in [0.3, 0.4) is 0 Å². The van der Waals surface area contributed by atoms with Crippen molar-refractivity contribution in [1.29, 1.82) is 0 Å². The van der Waals surface area contributed by atoms with Gasteiger partial charge in [-0.2, -0.15) is 0 Å². The first-order chi connectivity index (χ1) is 27.8. The first-order valence-electron chi connectivity index (χ1n) is 19.0. The van der Waals surface area contributed by atoms with Gasteiger partial charge in [0, 0.05) is 27.5 Å². The van der Waals surface area contributed by atoms with Gasteiger partial charge in [0.05, 0.1) is 5.41 Å². The van der Waals surface area contributed by atoms with E-state index >= 15 is 0 Å². The SMILES string of the molecule is c1ccc(-c2nc(-c3ccc4c(c3)oc3ccccc34)nc(-c3cccc4c3-c3ccccc3C43c4ccccc4-c4ccccc4-c4ccccc43)n2)cc1. The van der Waals surface area contributed by atoms with E-state index in [4.69, 9.17) is 19.4 Å². The number of hydrogen-bond acceptors (Lipinski definition) is 4. The molecule has 0 fully saturated rings. The van der Waals surface area contributed by atoms with Gasteiger partial charge in [-0.3, -0.25) is 0 Å². The molecule has 2 heterocycles. The Morgan fingerprint density at radius 1 is 0.321 bits per heavy atom. The maximum absolute atomic E-state index is 6.33. The van der Waals surface area contributed by atoms with Gasteiger partial charge in [-0.25, -0.2) is 15.0 Å². The van der Waals surface area contributed by atoms with Crippen LogP contribution in [0, 0.1) is 0 Å². The zero-order chi connectivity index (χ0) is 36.8. The largest absolute Gasteiger partial charge is 0.456 e. The molecule has 10 aromatic rings. The van der Waals surface area contributed by atoms with Crippen molar-refractivity contribution < 1.29 is 4.42 Å². The molecule has 12 rings (SSSR count). The Labute approximate surface area is 323 Å². The summed E-state index contributed by atoms with van der Waals surface area (Å²) in [4.78, 5) is 15.7. The number of aromatic nitrogens is 3. The summed E-state index contributed by atoms with van der Waals surface area (Å²) in [5.74, 6) is 1.84. The Bertz CT molecular complexity index is 3150. The number of hydrogen-bond donors (Lipinski definition) is 0. The molecule has 0 N–H and O–H groups in total. The molecular weight excluding hydrogens is 683 g/mol. The standard InChI is InChI=1S/C52H31N3O/c1-2-15-32(16-3-1)49-53-50(33-29-30-39-38-21-9-13-28-46(38)56-47(39)31-33)55-51(54-49)41-23-14-27-45-48(41)40-22-8-12-26-44(40)52(45)42-24-10-6-19-36(42)34-17-4-5-18-35(34)37-20-7-11-25-43(37)52/h1-31H. The van der Waals surface area contributed by atoms with E-state index in [1.807, 2.05) is 36.4 Å². The van der Waals surface area contributed by atoms with E-state index in [1.54, 1.807) is 0 Å². The molecule has 0 unspecified atom stereocenters. The molecule has 1 spiro atoms. The van der Waals surface area contributed by atoms with E-state index in [2.05, 4.69) is 152 Å². The third-order valence-electron chi connectivity index (χ3n) is 11.8. The number of nitrogens with zero attached hydrogens (tertiary/aromatic N) is 3. The minimum atomic E-state index is -0.599. The molecule has 4 heteroatoms. The van der Waals surface area contributed by atoms with Crippen LogP contribution < -0.4 is 0 Å². The summed E-state index contributed by atoms with van der Waals surface area (Å²) in [5, 5.41) is 2.16. The maximum atomic E-state index is 6.33. The van der Waals surface area contributed by atoms with Crippen molar-refractivity contribution in [2.45, 2.75) is 5.41 Å². The van der Waals surface area contributed by atoms with E-state index in [-0.39, 0.29) is 0 Å². The average molecular weight is 714 g/mol. The topological polar surface area (TPSA) is 51.8 Å². The second kappa shape index (κ2) is 11.8. The molecule has 0 radical (unpaired) electrons. The van der Waals surface area contributed by atoms with Gasteiger partial charge in [0.1, 0.15) is 11.2 Å². The summed E-state index contributed by atoms with van der Waals surface area (Å²) in [6.07, 6.45) is 0. The Kier molecular flexibility index (Phi) is 6.52. The number of fused-ring (bicyclic) bond motifs is 15. The quantitative estimate of drug-likeness (QED) is 0.183. The van der Waals surface area contributed by atoms with E-state index in [0.717, 1.165) is 44.2 Å². The van der Waals surface area contributed by atoms with Crippen molar-refractivity contribution in [3.63, 3.8) is 0 Å². The first kappa shape index (κ1) is 31.0. The fourth-order valence-corrected chi connectivity index (χ4v) is 9.49. The number of para-hydroxylation sites is 1. The van der Waals surface area contributed by atoms with Crippen LogP contribution in [0.2, 0.25) is 0 Å². The molecular formula is C52H31N3O. The van der Waals surface area contributed by atoms with Gasteiger partial charge < -0.3 is 4.42 Å². The number of benzene rings is 8. The minimum absolute atomic E-state index is 0.593. The van der Waals surface area contributed by atoms with E-state index < -0.39 is 5.41 Å². The van der Waals surface area contributed by atoms with Gasteiger partial charge in [0.15, 0.2) is 17.5 Å². The highest BCUT2D eigenvalue weighted by Gasteiger charge is 2.50. The first-order valence-corrected chi connectivity index (χ1v) is 19.0. The van der Waals surface area contributed by atoms with E-state index in [9.17, 15) is 0 Å². The Morgan fingerprint density at radius 2 is 0.821 bits per heavy atom. The third kappa shape index (κ3) is 4.27. The van der Waals surface area contributed by atoms with Gasteiger partial charge in [-0.05, 0) is 73.8 Å². The lowest BCUT2D eigenvalue weighted by molar-refractivity contribution is 0.669. The molecule has 0 saturated carbocycles. The van der Waals surface area contributed by atoms with Crippen LogP contribution in [0.15, 0.2) is 192 Å². The number of furan rings is 1. The molecule has 0 atom stereocenters. The molecule has 2 aliphatic rings. The van der Waals surface area contributed by atoms with E-state index in [1.165, 1.54) is 50.1 Å². The Hall–Kier alpha value is -7.43. The lowest BCUT2D eigenvalue weighted by Gasteiger charge is -2.35. The van der Waals surface area contributed by atoms with Crippen LogP contribution in [-0.2, 0) is 5.41 Å². The second-order valence-corrected chi connectivity index (χ2v) is 14.6. The van der Waals surface area contributed by atoms with E-state index in [0.29, 0.717) is 17.5 Å². The minimum Gasteiger partial charge on any atom is -0.456 e. The summed E-state index contributed by atoms with van der Waals surface area (Å²) < 4.78 is 6.33. The van der Waals surface area contributed by atoms with Gasteiger partial charge in [0.2, 0.25) is 0 Å². The van der Waals surface area contributed by atoms with Gasteiger partial charge in [-0.15, -0.1) is 0 Å². The Morgan fingerprint density at radius 3 is 1.54 bits per heavy atom. The summed E-state index contributed by atoms with van der Waals surface area (Å²) in [6, 6.07) is 67.0. The molecule has 260 valence electrons. The van der Waals surface area contributed by atoms with Crippen molar-refractivity contribution in [2.24, 2.45) is 0 Å². The molecule has 0 aliphatic heterocycles. The van der Waals surface area contributed by atoms with Crippen molar-refractivity contribution in [3.05, 3.63) is 210 Å². The number of rotatable bonds is 3. The third-order valence-corrected chi connectivity index (χ3v) is 11.8. The molecule has 8 aromatic carbocycles. The second-order valence-electron chi connectivity index (χ2n) is 14.6. The van der Waals surface area contributed by atoms with Crippen LogP contribution in [0.4, 0.5) is 0 Å². The zero-order valence-corrected chi connectivity index (χ0v) is 30.1. The molecule has 56 heavy (non-hydrogen) atoms. The van der Waals surface area contributed by atoms with Gasteiger partial charge >= 0.3 is 0 Å². The van der Waals surface area contributed by atoms with Crippen molar-refractivity contribution in [1.82, 2.24) is 15.0 Å². The van der Waals surface area contributed by atoms with Crippen LogP contribution in [0.5, 0.6) is 0 Å². The van der Waals surface area contributed by atoms with Crippen LogP contribution in [-0.4, -0.2) is 15.0 Å². The van der Waals surface area contributed by atoms with Crippen molar-refractivity contribution >= 4 is 21.9 Å². The normalized spacial score (nSPS) is 13.1. The lowest BCUT2D eigenvalue weighted by atomic mass is 9.66. The molecule has 4 nitrogen and oxygen atoms in total. The predicted octanol–water partition coefficient (Wildman–Crippen LogP) is 12.8. The van der Waals surface area contributed by atoms with Crippen LogP contribution in [0.25, 0.3) is 89.5 Å². The van der Waals surface area contributed by atoms with Crippen LogP contribution >= 0.6 is 0 Å².